The molecule has 0 spiro atoms. The summed E-state index contributed by atoms with van der Waals surface area (Å²) in [6.45, 7) is 7.64. The number of rotatable bonds is 3. The summed E-state index contributed by atoms with van der Waals surface area (Å²) in [6, 6.07) is 0. The molecule has 1 aromatic heterocycles. The van der Waals surface area contributed by atoms with Crippen LogP contribution in [0.5, 0.6) is 0 Å². The summed E-state index contributed by atoms with van der Waals surface area (Å²) in [5.41, 5.74) is 2.83. The minimum absolute atomic E-state index is 0.621. The second-order valence-corrected chi connectivity index (χ2v) is 4.25. The fourth-order valence-corrected chi connectivity index (χ4v) is 1.73. The zero-order valence-corrected chi connectivity index (χ0v) is 8.75. The normalized spacial score (nSPS) is 16.9. The first-order chi connectivity index (χ1) is 6.22. The Morgan fingerprint density at radius 2 is 2.23 bits per heavy atom. The van der Waals surface area contributed by atoms with Crippen molar-refractivity contribution >= 4 is 0 Å². The van der Waals surface area contributed by atoms with Crippen molar-refractivity contribution in [2.45, 2.75) is 52.0 Å². The topological polar surface area (TPSA) is 17.8 Å². The number of aromatic nitrogens is 2. The van der Waals surface area contributed by atoms with Crippen molar-refractivity contribution in [1.29, 1.82) is 0 Å². The predicted molar refractivity (Wildman–Crippen MR) is 54.0 cm³/mol. The molecule has 2 nitrogen and oxygen atoms in total. The van der Waals surface area contributed by atoms with Crippen molar-refractivity contribution in [3.05, 3.63) is 17.5 Å². The lowest BCUT2D eigenvalue weighted by atomic mass is 10.0. The standard InChI is InChI=1S/C11H18N2/c1-4-13-7-10(8(2)3)11(12-13)9-5-6-9/h7-9H,4-6H2,1-3H3. The Bertz CT molecular complexity index is 276. The van der Waals surface area contributed by atoms with Gasteiger partial charge in [-0.15, -0.1) is 0 Å². The van der Waals surface area contributed by atoms with Gasteiger partial charge in [0.15, 0.2) is 0 Å². The average Bonchev–Trinajstić information content (AvgIpc) is 2.84. The minimum Gasteiger partial charge on any atom is -0.272 e. The minimum atomic E-state index is 0.621. The van der Waals surface area contributed by atoms with Crippen LogP contribution in [0.3, 0.4) is 0 Å². The van der Waals surface area contributed by atoms with Crippen molar-refractivity contribution in [3.8, 4) is 0 Å². The third kappa shape index (κ3) is 1.62. The molecule has 0 N–H and O–H groups in total. The summed E-state index contributed by atoms with van der Waals surface area (Å²) in [5.74, 6) is 1.40. The molecule has 1 aliphatic carbocycles. The van der Waals surface area contributed by atoms with Crippen LogP contribution in [-0.4, -0.2) is 9.78 Å². The molecule has 72 valence electrons. The van der Waals surface area contributed by atoms with Crippen molar-refractivity contribution in [3.63, 3.8) is 0 Å². The maximum atomic E-state index is 4.63. The molecule has 1 aliphatic rings. The molecule has 1 saturated carbocycles. The van der Waals surface area contributed by atoms with Crippen molar-refractivity contribution < 1.29 is 0 Å². The Labute approximate surface area is 80.0 Å². The second kappa shape index (κ2) is 3.17. The van der Waals surface area contributed by atoms with Crippen LogP contribution in [0, 0.1) is 0 Å². The molecule has 0 saturated heterocycles. The summed E-state index contributed by atoms with van der Waals surface area (Å²) in [7, 11) is 0. The van der Waals surface area contributed by atoms with E-state index in [0.29, 0.717) is 5.92 Å². The van der Waals surface area contributed by atoms with Crippen molar-refractivity contribution in [1.82, 2.24) is 9.78 Å². The molecule has 13 heavy (non-hydrogen) atoms. The molecule has 2 rings (SSSR count). The van der Waals surface area contributed by atoms with Gasteiger partial charge in [0.2, 0.25) is 0 Å². The molecule has 0 radical (unpaired) electrons. The van der Waals surface area contributed by atoms with Gasteiger partial charge in [0, 0.05) is 18.7 Å². The Morgan fingerprint density at radius 1 is 1.54 bits per heavy atom. The molecule has 0 aliphatic heterocycles. The largest absolute Gasteiger partial charge is 0.272 e. The van der Waals surface area contributed by atoms with Gasteiger partial charge >= 0.3 is 0 Å². The summed E-state index contributed by atoms with van der Waals surface area (Å²) in [5, 5.41) is 4.63. The van der Waals surface area contributed by atoms with Gasteiger partial charge < -0.3 is 0 Å². The molecule has 0 unspecified atom stereocenters. The van der Waals surface area contributed by atoms with Crippen LogP contribution in [0.15, 0.2) is 6.20 Å². The third-order valence-corrected chi connectivity index (χ3v) is 2.73. The summed E-state index contributed by atoms with van der Waals surface area (Å²) in [4.78, 5) is 0. The van der Waals surface area contributed by atoms with Gasteiger partial charge in [0.05, 0.1) is 5.69 Å². The molecule has 1 heterocycles. The van der Waals surface area contributed by atoms with Crippen LogP contribution in [-0.2, 0) is 6.54 Å². The van der Waals surface area contributed by atoms with Crippen molar-refractivity contribution in [2.24, 2.45) is 0 Å². The SMILES string of the molecule is CCn1cc(C(C)C)c(C2CC2)n1. The average molecular weight is 178 g/mol. The van der Waals surface area contributed by atoms with E-state index in [1.165, 1.54) is 24.1 Å². The van der Waals surface area contributed by atoms with E-state index < -0.39 is 0 Å². The molecule has 0 aromatic carbocycles. The van der Waals surface area contributed by atoms with Crippen LogP contribution in [0.1, 0.15) is 56.7 Å². The Hall–Kier alpha value is -0.790. The van der Waals surface area contributed by atoms with Gasteiger partial charge in [0.1, 0.15) is 0 Å². The summed E-state index contributed by atoms with van der Waals surface area (Å²) >= 11 is 0. The van der Waals surface area contributed by atoms with E-state index in [1.807, 2.05) is 0 Å². The molecule has 2 heteroatoms. The van der Waals surface area contributed by atoms with Crippen LogP contribution < -0.4 is 0 Å². The van der Waals surface area contributed by atoms with Gasteiger partial charge in [-0.3, -0.25) is 4.68 Å². The van der Waals surface area contributed by atoms with E-state index in [0.717, 1.165) is 12.5 Å². The molecule has 0 amide bonds. The van der Waals surface area contributed by atoms with Gasteiger partial charge in [-0.2, -0.15) is 5.10 Å². The molecule has 0 atom stereocenters. The zero-order chi connectivity index (χ0) is 9.42. The first-order valence-corrected chi connectivity index (χ1v) is 5.29. The van der Waals surface area contributed by atoms with E-state index in [9.17, 15) is 0 Å². The lowest BCUT2D eigenvalue weighted by Gasteiger charge is -2.02. The van der Waals surface area contributed by atoms with Gasteiger partial charge in [-0.05, 0) is 31.2 Å². The van der Waals surface area contributed by atoms with Crippen molar-refractivity contribution in [2.75, 3.05) is 0 Å². The molecule has 1 aromatic rings. The monoisotopic (exact) mass is 178 g/mol. The number of hydrogen-bond acceptors (Lipinski definition) is 1. The lowest BCUT2D eigenvalue weighted by molar-refractivity contribution is 0.647. The Morgan fingerprint density at radius 3 is 2.69 bits per heavy atom. The van der Waals surface area contributed by atoms with E-state index >= 15 is 0 Å². The van der Waals surface area contributed by atoms with Crippen LogP contribution >= 0.6 is 0 Å². The number of hydrogen-bond donors (Lipinski definition) is 0. The lowest BCUT2D eigenvalue weighted by Crippen LogP contribution is -1.94. The van der Waals surface area contributed by atoms with Crippen LogP contribution in [0.2, 0.25) is 0 Å². The highest BCUT2D eigenvalue weighted by Gasteiger charge is 2.29. The van der Waals surface area contributed by atoms with Gasteiger partial charge in [0.25, 0.3) is 0 Å². The molecule has 1 fully saturated rings. The highest BCUT2D eigenvalue weighted by molar-refractivity contribution is 5.27. The second-order valence-electron chi connectivity index (χ2n) is 4.25. The fraction of sp³-hybridized carbons (Fsp3) is 0.727. The Balaban J connectivity index is 2.33. The first-order valence-electron chi connectivity index (χ1n) is 5.29. The highest BCUT2D eigenvalue weighted by atomic mass is 15.3. The number of aryl methyl sites for hydroxylation is 1. The third-order valence-electron chi connectivity index (χ3n) is 2.73. The van der Waals surface area contributed by atoms with Gasteiger partial charge in [-0.1, -0.05) is 13.8 Å². The predicted octanol–water partition coefficient (Wildman–Crippen LogP) is 2.90. The van der Waals surface area contributed by atoms with E-state index in [2.05, 4.69) is 36.7 Å². The van der Waals surface area contributed by atoms with E-state index in [-0.39, 0.29) is 0 Å². The first kappa shape index (κ1) is 8.79. The van der Waals surface area contributed by atoms with E-state index in [1.54, 1.807) is 0 Å². The number of nitrogens with zero attached hydrogens (tertiary/aromatic N) is 2. The van der Waals surface area contributed by atoms with Crippen LogP contribution in [0.25, 0.3) is 0 Å². The summed E-state index contributed by atoms with van der Waals surface area (Å²) in [6.07, 6.45) is 4.92. The smallest absolute Gasteiger partial charge is 0.0690 e. The molecular formula is C11H18N2. The highest BCUT2D eigenvalue weighted by Crippen LogP contribution is 2.42. The van der Waals surface area contributed by atoms with E-state index in [4.69, 9.17) is 0 Å². The zero-order valence-electron chi connectivity index (χ0n) is 8.75. The van der Waals surface area contributed by atoms with Crippen LogP contribution in [0.4, 0.5) is 0 Å². The Kier molecular flexibility index (Phi) is 2.14. The molecular weight excluding hydrogens is 160 g/mol. The maximum absolute atomic E-state index is 4.63. The molecule has 0 bridgehead atoms. The maximum Gasteiger partial charge on any atom is 0.0690 e. The summed E-state index contributed by atoms with van der Waals surface area (Å²) < 4.78 is 2.07. The quantitative estimate of drug-likeness (QED) is 0.696. The van der Waals surface area contributed by atoms with Gasteiger partial charge in [-0.25, -0.2) is 0 Å². The fourth-order valence-electron chi connectivity index (χ4n) is 1.73.